The van der Waals surface area contributed by atoms with Gasteiger partial charge in [0.1, 0.15) is 0 Å². The van der Waals surface area contributed by atoms with Crippen LogP contribution in [0.15, 0.2) is 35.2 Å². The van der Waals surface area contributed by atoms with Gasteiger partial charge in [-0.05, 0) is 30.9 Å². The van der Waals surface area contributed by atoms with Crippen LogP contribution in [0.3, 0.4) is 0 Å². The summed E-state index contributed by atoms with van der Waals surface area (Å²) in [6.07, 6.45) is 5.41. The fourth-order valence-corrected chi connectivity index (χ4v) is 2.78. The van der Waals surface area contributed by atoms with Crippen LogP contribution in [-0.2, 0) is 0 Å². The van der Waals surface area contributed by atoms with Gasteiger partial charge >= 0.3 is 0 Å². The molecule has 0 spiro atoms. The van der Waals surface area contributed by atoms with Gasteiger partial charge in [0.05, 0.1) is 0 Å². The Morgan fingerprint density at radius 3 is 2.69 bits per heavy atom. The number of hydrogen-bond acceptors (Lipinski definition) is 3. The lowest BCUT2D eigenvalue weighted by Crippen LogP contribution is -2.37. The van der Waals surface area contributed by atoms with Crippen molar-refractivity contribution < 1.29 is 0 Å². The normalized spacial score (nSPS) is 17.3. The fourth-order valence-electron chi connectivity index (χ4n) is 1.77. The number of nitrogens with two attached hydrogens (primary N) is 1. The summed E-state index contributed by atoms with van der Waals surface area (Å²) in [6, 6.07) is 11.0. The lowest BCUT2D eigenvalue weighted by molar-refractivity contribution is 0.501. The van der Waals surface area contributed by atoms with E-state index in [1.807, 2.05) is 11.8 Å². The second-order valence-electron chi connectivity index (χ2n) is 4.51. The lowest BCUT2D eigenvalue weighted by atomic mass is 10.1. The van der Waals surface area contributed by atoms with Gasteiger partial charge in [-0.2, -0.15) is 0 Å². The number of benzene rings is 1. The monoisotopic (exact) mass is 236 g/mol. The molecule has 16 heavy (non-hydrogen) atoms. The molecule has 1 aliphatic rings. The molecule has 1 atom stereocenters. The molecule has 0 heterocycles. The molecule has 1 aromatic carbocycles. The summed E-state index contributed by atoms with van der Waals surface area (Å²) < 4.78 is 0. The quantitative estimate of drug-likeness (QED) is 0.434. The predicted molar refractivity (Wildman–Crippen MR) is 70.2 cm³/mol. The minimum atomic E-state index is 0.450. The molecule has 3 heteroatoms. The maximum atomic E-state index is 5.58. The molecule has 88 valence electrons. The maximum Gasteiger partial charge on any atom is 0.0304 e. The summed E-state index contributed by atoms with van der Waals surface area (Å²) in [4.78, 5) is 1.33. The van der Waals surface area contributed by atoms with Crippen LogP contribution in [0.5, 0.6) is 0 Å². The number of rotatable bonds is 7. The predicted octanol–water partition coefficient (Wildman–Crippen LogP) is 2.80. The zero-order valence-corrected chi connectivity index (χ0v) is 10.4. The van der Waals surface area contributed by atoms with Gasteiger partial charge in [0.25, 0.3) is 0 Å². The molecule has 0 bridgehead atoms. The highest BCUT2D eigenvalue weighted by Crippen LogP contribution is 2.34. The van der Waals surface area contributed by atoms with E-state index in [1.165, 1.54) is 30.6 Å². The second-order valence-corrected chi connectivity index (χ2v) is 5.60. The van der Waals surface area contributed by atoms with Crippen molar-refractivity contribution in [2.24, 2.45) is 11.8 Å². The van der Waals surface area contributed by atoms with Crippen LogP contribution in [0, 0.1) is 5.92 Å². The van der Waals surface area contributed by atoms with E-state index in [9.17, 15) is 0 Å². The number of hydrogen-bond donors (Lipinski definition) is 2. The summed E-state index contributed by atoms with van der Waals surface area (Å²) in [5, 5.41) is 0. The first-order valence-electron chi connectivity index (χ1n) is 6.02. The molecule has 2 rings (SSSR count). The summed E-state index contributed by atoms with van der Waals surface area (Å²) in [5.41, 5.74) is 2.93. The highest BCUT2D eigenvalue weighted by Gasteiger charge is 2.22. The molecule has 1 aromatic rings. The summed E-state index contributed by atoms with van der Waals surface area (Å²) in [6.45, 7) is 0. The van der Waals surface area contributed by atoms with Crippen molar-refractivity contribution in [3.63, 3.8) is 0 Å². The van der Waals surface area contributed by atoms with Gasteiger partial charge in [0, 0.05) is 16.7 Å². The smallest absolute Gasteiger partial charge is 0.0304 e. The molecule has 0 aromatic heterocycles. The molecule has 0 aliphatic heterocycles. The van der Waals surface area contributed by atoms with E-state index < -0.39 is 0 Å². The van der Waals surface area contributed by atoms with E-state index in [0.29, 0.717) is 6.04 Å². The van der Waals surface area contributed by atoms with Crippen LogP contribution in [0.4, 0.5) is 0 Å². The minimum absolute atomic E-state index is 0.450. The first-order chi connectivity index (χ1) is 7.88. The van der Waals surface area contributed by atoms with E-state index in [0.717, 1.165) is 11.7 Å². The molecule has 2 nitrogen and oxygen atoms in total. The molecule has 3 N–H and O–H groups in total. The van der Waals surface area contributed by atoms with Crippen LogP contribution in [0.1, 0.15) is 25.7 Å². The number of hydrazine groups is 1. The van der Waals surface area contributed by atoms with Crippen molar-refractivity contribution in [1.82, 2.24) is 5.43 Å². The van der Waals surface area contributed by atoms with Gasteiger partial charge in [-0.3, -0.25) is 11.3 Å². The van der Waals surface area contributed by atoms with E-state index >= 15 is 0 Å². The highest BCUT2D eigenvalue weighted by atomic mass is 32.2. The Balaban J connectivity index is 1.69. The van der Waals surface area contributed by atoms with Crippen molar-refractivity contribution in [2.75, 3.05) is 5.75 Å². The first-order valence-corrected chi connectivity index (χ1v) is 7.01. The fraction of sp³-hybridized carbons (Fsp3) is 0.538. The molecule has 1 saturated carbocycles. The molecular formula is C13H20N2S. The van der Waals surface area contributed by atoms with E-state index in [1.54, 1.807) is 0 Å². The average Bonchev–Trinajstić information content (AvgIpc) is 3.15. The first kappa shape index (κ1) is 12.0. The molecular weight excluding hydrogens is 216 g/mol. The van der Waals surface area contributed by atoms with Gasteiger partial charge in [-0.1, -0.05) is 31.0 Å². The van der Waals surface area contributed by atoms with Crippen molar-refractivity contribution in [3.05, 3.63) is 30.3 Å². The van der Waals surface area contributed by atoms with Gasteiger partial charge in [0.2, 0.25) is 0 Å². The standard InChI is InChI=1S/C13H20N2S/c14-15-12(9-8-11-6-7-11)10-16-13-4-2-1-3-5-13/h1-5,11-12,15H,6-10,14H2. The Morgan fingerprint density at radius 1 is 1.31 bits per heavy atom. The lowest BCUT2D eigenvalue weighted by Gasteiger charge is -2.15. The zero-order valence-electron chi connectivity index (χ0n) is 9.56. The summed E-state index contributed by atoms with van der Waals surface area (Å²) in [5.74, 6) is 7.64. The Hall–Kier alpha value is -0.510. The van der Waals surface area contributed by atoms with E-state index in [2.05, 4.69) is 35.8 Å². The van der Waals surface area contributed by atoms with E-state index in [-0.39, 0.29) is 0 Å². The number of nitrogens with one attached hydrogen (secondary N) is 1. The third kappa shape index (κ3) is 4.16. The summed E-state index contributed by atoms with van der Waals surface area (Å²) in [7, 11) is 0. The summed E-state index contributed by atoms with van der Waals surface area (Å²) >= 11 is 1.88. The van der Waals surface area contributed by atoms with Crippen LogP contribution < -0.4 is 11.3 Å². The van der Waals surface area contributed by atoms with Crippen LogP contribution in [0.25, 0.3) is 0 Å². The van der Waals surface area contributed by atoms with E-state index in [4.69, 9.17) is 5.84 Å². The zero-order chi connectivity index (χ0) is 11.2. The third-order valence-corrected chi connectivity index (χ3v) is 4.22. The SMILES string of the molecule is NNC(CCC1CC1)CSc1ccccc1. The van der Waals surface area contributed by atoms with Gasteiger partial charge in [-0.15, -0.1) is 11.8 Å². The largest absolute Gasteiger partial charge is 0.271 e. The van der Waals surface area contributed by atoms with Crippen molar-refractivity contribution in [1.29, 1.82) is 0 Å². The second kappa shape index (κ2) is 6.28. The Bertz CT molecular complexity index is 298. The van der Waals surface area contributed by atoms with Crippen LogP contribution in [0.2, 0.25) is 0 Å². The average molecular weight is 236 g/mol. The van der Waals surface area contributed by atoms with Gasteiger partial charge < -0.3 is 0 Å². The van der Waals surface area contributed by atoms with Crippen molar-refractivity contribution in [2.45, 2.75) is 36.6 Å². The molecule has 0 saturated heterocycles. The van der Waals surface area contributed by atoms with Crippen LogP contribution >= 0.6 is 11.8 Å². The van der Waals surface area contributed by atoms with Crippen molar-refractivity contribution in [3.8, 4) is 0 Å². The topological polar surface area (TPSA) is 38.0 Å². The van der Waals surface area contributed by atoms with Gasteiger partial charge in [-0.25, -0.2) is 0 Å². The highest BCUT2D eigenvalue weighted by molar-refractivity contribution is 7.99. The molecule has 1 fully saturated rings. The Kier molecular flexibility index (Phi) is 4.69. The Morgan fingerprint density at radius 2 is 2.06 bits per heavy atom. The molecule has 0 amide bonds. The molecule has 0 radical (unpaired) electrons. The van der Waals surface area contributed by atoms with Crippen LogP contribution in [-0.4, -0.2) is 11.8 Å². The van der Waals surface area contributed by atoms with Gasteiger partial charge in [0.15, 0.2) is 0 Å². The van der Waals surface area contributed by atoms with Crippen molar-refractivity contribution >= 4 is 11.8 Å². The Labute approximate surface area is 102 Å². The minimum Gasteiger partial charge on any atom is -0.271 e. The molecule has 1 unspecified atom stereocenters. The number of thioether (sulfide) groups is 1. The maximum absolute atomic E-state index is 5.58. The third-order valence-electron chi connectivity index (χ3n) is 3.05. The molecule has 1 aliphatic carbocycles.